The van der Waals surface area contributed by atoms with Crippen molar-refractivity contribution in [2.75, 3.05) is 17.2 Å². The van der Waals surface area contributed by atoms with E-state index < -0.39 is 0 Å². The topological polar surface area (TPSA) is 70.2 Å². The van der Waals surface area contributed by atoms with Gasteiger partial charge in [-0.25, -0.2) is 0 Å². The molecule has 3 N–H and O–H groups in total. The van der Waals surface area contributed by atoms with Crippen LogP contribution in [0.4, 0.5) is 11.4 Å². The SMILES string of the molecule is CCC(=O)Nc1cccc(NC(=O)CNC2CC2)c1. The van der Waals surface area contributed by atoms with Crippen molar-refractivity contribution in [2.45, 2.75) is 32.2 Å². The molecule has 0 aromatic heterocycles. The Labute approximate surface area is 112 Å². The molecule has 0 saturated heterocycles. The molecule has 19 heavy (non-hydrogen) atoms. The normalized spacial score (nSPS) is 13.9. The average molecular weight is 261 g/mol. The van der Waals surface area contributed by atoms with E-state index in [0.29, 0.717) is 30.4 Å². The first-order valence-electron chi connectivity index (χ1n) is 6.60. The lowest BCUT2D eigenvalue weighted by Crippen LogP contribution is -2.29. The van der Waals surface area contributed by atoms with Gasteiger partial charge in [0.05, 0.1) is 6.54 Å². The van der Waals surface area contributed by atoms with E-state index in [-0.39, 0.29) is 11.8 Å². The minimum absolute atomic E-state index is 0.0427. The molecule has 1 aliphatic rings. The summed E-state index contributed by atoms with van der Waals surface area (Å²) in [6.07, 6.45) is 2.75. The van der Waals surface area contributed by atoms with E-state index in [9.17, 15) is 9.59 Å². The van der Waals surface area contributed by atoms with Gasteiger partial charge in [-0.1, -0.05) is 13.0 Å². The van der Waals surface area contributed by atoms with E-state index in [1.165, 1.54) is 0 Å². The van der Waals surface area contributed by atoms with E-state index >= 15 is 0 Å². The molecule has 0 heterocycles. The van der Waals surface area contributed by atoms with Crippen LogP contribution in [0.3, 0.4) is 0 Å². The van der Waals surface area contributed by atoms with Crippen LogP contribution in [0.5, 0.6) is 0 Å². The molecule has 2 amide bonds. The third-order valence-electron chi connectivity index (χ3n) is 2.88. The Kier molecular flexibility index (Phi) is 4.52. The van der Waals surface area contributed by atoms with Crippen molar-refractivity contribution in [2.24, 2.45) is 0 Å². The Morgan fingerprint density at radius 1 is 1.16 bits per heavy atom. The lowest BCUT2D eigenvalue weighted by Gasteiger charge is -2.08. The molecule has 102 valence electrons. The van der Waals surface area contributed by atoms with Crippen LogP contribution in [0.2, 0.25) is 0 Å². The maximum absolute atomic E-state index is 11.7. The van der Waals surface area contributed by atoms with Gasteiger partial charge in [0.2, 0.25) is 11.8 Å². The number of amides is 2. The Morgan fingerprint density at radius 2 is 1.79 bits per heavy atom. The van der Waals surface area contributed by atoms with Crippen molar-refractivity contribution in [3.63, 3.8) is 0 Å². The van der Waals surface area contributed by atoms with Gasteiger partial charge in [0.25, 0.3) is 0 Å². The van der Waals surface area contributed by atoms with Gasteiger partial charge in [-0.05, 0) is 31.0 Å². The maximum Gasteiger partial charge on any atom is 0.238 e. The highest BCUT2D eigenvalue weighted by atomic mass is 16.2. The number of carbonyl (C=O) groups is 2. The third kappa shape index (κ3) is 4.71. The zero-order valence-electron chi connectivity index (χ0n) is 11.0. The quantitative estimate of drug-likeness (QED) is 0.730. The van der Waals surface area contributed by atoms with Gasteiger partial charge in [-0.15, -0.1) is 0 Å². The first kappa shape index (κ1) is 13.5. The summed E-state index contributed by atoms with van der Waals surface area (Å²) in [6.45, 7) is 2.13. The van der Waals surface area contributed by atoms with E-state index in [0.717, 1.165) is 12.8 Å². The number of anilines is 2. The summed E-state index contributed by atoms with van der Waals surface area (Å²) >= 11 is 0. The monoisotopic (exact) mass is 261 g/mol. The summed E-state index contributed by atoms with van der Waals surface area (Å²) in [5.74, 6) is -0.107. The molecular formula is C14H19N3O2. The fourth-order valence-electron chi connectivity index (χ4n) is 1.65. The molecule has 5 heteroatoms. The molecular weight excluding hydrogens is 242 g/mol. The highest BCUT2D eigenvalue weighted by Gasteiger charge is 2.21. The zero-order chi connectivity index (χ0) is 13.7. The molecule has 1 aliphatic carbocycles. The smallest absolute Gasteiger partial charge is 0.238 e. The van der Waals surface area contributed by atoms with Gasteiger partial charge in [0.15, 0.2) is 0 Å². The average Bonchev–Trinajstić information content (AvgIpc) is 3.20. The lowest BCUT2D eigenvalue weighted by atomic mass is 10.2. The molecule has 0 spiro atoms. The molecule has 0 radical (unpaired) electrons. The summed E-state index contributed by atoms with van der Waals surface area (Å²) in [7, 11) is 0. The van der Waals surface area contributed by atoms with Crippen LogP contribution in [0.25, 0.3) is 0 Å². The van der Waals surface area contributed by atoms with Gasteiger partial charge in [-0.2, -0.15) is 0 Å². The molecule has 2 rings (SSSR count). The molecule has 1 saturated carbocycles. The number of carbonyl (C=O) groups excluding carboxylic acids is 2. The molecule has 1 fully saturated rings. The van der Waals surface area contributed by atoms with Gasteiger partial charge >= 0.3 is 0 Å². The Bertz CT molecular complexity index is 470. The van der Waals surface area contributed by atoms with Crippen LogP contribution < -0.4 is 16.0 Å². The Hall–Kier alpha value is -1.88. The molecule has 0 atom stereocenters. The van der Waals surface area contributed by atoms with Gasteiger partial charge in [-0.3, -0.25) is 9.59 Å². The highest BCUT2D eigenvalue weighted by molar-refractivity contribution is 5.94. The van der Waals surface area contributed by atoms with Crippen molar-refractivity contribution < 1.29 is 9.59 Å². The second kappa shape index (κ2) is 6.33. The number of benzene rings is 1. The fourth-order valence-corrected chi connectivity index (χ4v) is 1.65. The summed E-state index contributed by atoms with van der Waals surface area (Å²) in [5.41, 5.74) is 1.39. The summed E-state index contributed by atoms with van der Waals surface area (Å²) in [4.78, 5) is 23.0. The minimum Gasteiger partial charge on any atom is -0.326 e. The van der Waals surface area contributed by atoms with Crippen molar-refractivity contribution >= 4 is 23.2 Å². The lowest BCUT2D eigenvalue weighted by molar-refractivity contribution is -0.116. The second-order valence-corrected chi connectivity index (χ2v) is 4.69. The predicted octanol–water partition coefficient (Wildman–Crippen LogP) is 1.73. The van der Waals surface area contributed by atoms with Crippen LogP contribution in [0.1, 0.15) is 26.2 Å². The molecule has 0 bridgehead atoms. The highest BCUT2D eigenvalue weighted by Crippen LogP contribution is 2.18. The zero-order valence-corrected chi connectivity index (χ0v) is 11.0. The maximum atomic E-state index is 11.7. The fraction of sp³-hybridized carbons (Fsp3) is 0.429. The molecule has 0 aliphatic heterocycles. The van der Waals surface area contributed by atoms with Crippen LogP contribution in [0.15, 0.2) is 24.3 Å². The molecule has 1 aromatic rings. The molecule has 5 nitrogen and oxygen atoms in total. The van der Waals surface area contributed by atoms with Gasteiger partial charge < -0.3 is 16.0 Å². The van der Waals surface area contributed by atoms with Crippen LogP contribution in [-0.2, 0) is 9.59 Å². The van der Waals surface area contributed by atoms with Crippen molar-refractivity contribution in [1.29, 1.82) is 0 Å². The number of hydrogen-bond donors (Lipinski definition) is 3. The van der Waals surface area contributed by atoms with Crippen LogP contribution >= 0.6 is 0 Å². The summed E-state index contributed by atoms with van der Waals surface area (Å²) < 4.78 is 0. The van der Waals surface area contributed by atoms with E-state index in [4.69, 9.17) is 0 Å². The number of nitrogens with one attached hydrogen (secondary N) is 3. The third-order valence-corrected chi connectivity index (χ3v) is 2.88. The summed E-state index contributed by atoms with van der Waals surface area (Å²) in [6, 6.07) is 7.67. The Balaban J connectivity index is 1.86. The van der Waals surface area contributed by atoms with Gasteiger partial charge in [0, 0.05) is 23.8 Å². The minimum atomic E-state index is -0.0640. The van der Waals surface area contributed by atoms with Crippen molar-refractivity contribution in [1.82, 2.24) is 5.32 Å². The van der Waals surface area contributed by atoms with Crippen LogP contribution in [-0.4, -0.2) is 24.4 Å². The number of hydrogen-bond acceptors (Lipinski definition) is 3. The second-order valence-electron chi connectivity index (χ2n) is 4.69. The predicted molar refractivity (Wildman–Crippen MR) is 75.0 cm³/mol. The standard InChI is InChI=1S/C14H19N3O2/c1-2-13(18)16-11-4-3-5-12(8-11)17-14(19)9-15-10-6-7-10/h3-5,8,10,15H,2,6-7,9H2,1H3,(H,16,18)(H,17,19). The van der Waals surface area contributed by atoms with E-state index in [1.807, 2.05) is 0 Å². The molecule has 0 unspecified atom stereocenters. The summed E-state index contributed by atoms with van der Waals surface area (Å²) in [5, 5.41) is 8.71. The molecule has 1 aromatic carbocycles. The first-order chi connectivity index (χ1) is 9.17. The van der Waals surface area contributed by atoms with E-state index in [1.54, 1.807) is 31.2 Å². The Morgan fingerprint density at radius 3 is 2.37 bits per heavy atom. The van der Waals surface area contributed by atoms with Gasteiger partial charge in [0.1, 0.15) is 0 Å². The van der Waals surface area contributed by atoms with Crippen molar-refractivity contribution in [3.8, 4) is 0 Å². The van der Waals surface area contributed by atoms with Crippen LogP contribution in [0, 0.1) is 0 Å². The first-order valence-corrected chi connectivity index (χ1v) is 6.60. The van der Waals surface area contributed by atoms with E-state index in [2.05, 4.69) is 16.0 Å². The number of rotatable bonds is 6. The largest absolute Gasteiger partial charge is 0.326 e. The van der Waals surface area contributed by atoms with Crippen molar-refractivity contribution in [3.05, 3.63) is 24.3 Å².